The standard InChI is InChI=1S/C10H6Cl2O2S/c11-9-6-5-7-3-1-2-4-8(7)10(9)15(12,13)14/h1-6H. The Bertz CT molecular complexity index is 620. The summed E-state index contributed by atoms with van der Waals surface area (Å²) in [7, 11) is 1.51. The van der Waals surface area contributed by atoms with Gasteiger partial charge in [-0.05, 0) is 11.5 Å². The van der Waals surface area contributed by atoms with E-state index in [0.717, 1.165) is 5.39 Å². The summed E-state index contributed by atoms with van der Waals surface area (Å²) in [6.07, 6.45) is 0. The summed E-state index contributed by atoms with van der Waals surface area (Å²) >= 11 is 5.82. The average Bonchev–Trinajstić information content (AvgIpc) is 2.15. The van der Waals surface area contributed by atoms with Crippen LogP contribution in [0.5, 0.6) is 0 Å². The van der Waals surface area contributed by atoms with Gasteiger partial charge < -0.3 is 0 Å². The highest BCUT2D eigenvalue weighted by atomic mass is 35.7. The molecule has 0 unspecified atom stereocenters. The Morgan fingerprint density at radius 1 is 1.00 bits per heavy atom. The second-order valence-electron chi connectivity index (χ2n) is 3.04. The number of halogens is 2. The highest BCUT2D eigenvalue weighted by Gasteiger charge is 2.17. The maximum atomic E-state index is 11.3. The van der Waals surface area contributed by atoms with Crippen LogP contribution < -0.4 is 0 Å². The summed E-state index contributed by atoms with van der Waals surface area (Å²) < 4.78 is 22.7. The smallest absolute Gasteiger partial charge is 0.207 e. The number of fused-ring (bicyclic) bond motifs is 1. The zero-order valence-corrected chi connectivity index (χ0v) is 9.77. The highest BCUT2D eigenvalue weighted by Crippen LogP contribution is 2.32. The van der Waals surface area contributed by atoms with Crippen molar-refractivity contribution in [2.45, 2.75) is 4.90 Å². The first-order chi connectivity index (χ1) is 7.00. The predicted molar refractivity (Wildman–Crippen MR) is 62.0 cm³/mol. The van der Waals surface area contributed by atoms with Crippen molar-refractivity contribution in [3.63, 3.8) is 0 Å². The number of benzene rings is 2. The molecule has 78 valence electrons. The molecule has 0 aliphatic heterocycles. The normalized spacial score (nSPS) is 11.9. The fourth-order valence-corrected chi connectivity index (χ4v) is 3.30. The third-order valence-corrected chi connectivity index (χ3v) is 3.89. The lowest BCUT2D eigenvalue weighted by molar-refractivity contribution is 0.610. The van der Waals surface area contributed by atoms with Crippen molar-refractivity contribution >= 4 is 42.1 Å². The lowest BCUT2D eigenvalue weighted by Gasteiger charge is -2.04. The minimum atomic E-state index is -3.82. The van der Waals surface area contributed by atoms with Gasteiger partial charge in [-0.15, -0.1) is 0 Å². The van der Waals surface area contributed by atoms with Crippen molar-refractivity contribution < 1.29 is 8.42 Å². The van der Waals surface area contributed by atoms with E-state index in [4.69, 9.17) is 22.3 Å². The van der Waals surface area contributed by atoms with Crippen LogP contribution in [0.1, 0.15) is 0 Å². The lowest BCUT2D eigenvalue weighted by atomic mass is 10.1. The molecular weight excluding hydrogens is 255 g/mol. The van der Waals surface area contributed by atoms with Crippen LogP contribution in [0.3, 0.4) is 0 Å². The number of hydrogen-bond donors (Lipinski definition) is 0. The predicted octanol–water partition coefficient (Wildman–Crippen LogP) is 3.42. The lowest BCUT2D eigenvalue weighted by Crippen LogP contribution is -1.93. The zero-order chi connectivity index (χ0) is 11.1. The van der Waals surface area contributed by atoms with Gasteiger partial charge >= 0.3 is 0 Å². The molecule has 0 atom stereocenters. The third-order valence-electron chi connectivity index (χ3n) is 2.08. The molecule has 0 bridgehead atoms. The molecule has 0 spiro atoms. The molecule has 0 N–H and O–H groups in total. The zero-order valence-electron chi connectivity index (χ0n) is 7.44. The summed E-state index contributed by atoms with van der Waals surface area (Å²) in [6, 6.07) is 10.3. The van der Waals surface area contributed by atoms with Crippen LogP contribution in [0.25, 0.3) is 10.8 Å². The minimum Gasteiger partial charge on any atom is -0.207 e. The summed E-state index contributed by atoms with van der Waals surface area (Å²) in [5.41, 5.74) is 0. The molecule has 5 heteroatoms. The first kappa shape index (κ1) is 10.7. The van der Waals surface area contributed by atoms with Crippen LogP contribution in [0.2, 0.25) is 5.02 Å². The second kappa shape index (κ2) is 3.67. The maximum absolute atomic E-state index is 11.3. The molecule has 0 aliphatic rings. The van der Waals surface area contributed by atoms with E-state index in [0.29, 0.717) is 5.39 Å². The summed E-state index contributed by atoms with van der Waals surface area (Å²) in [5, 5.41) is 1.48. The number of rotatable bonds is 1. The van der Waals surface area contributed by atoms with Gasteiger partial charge in [-0.2, -0.15) is 0 Å². The number of hydrogen-bond acceptors (Lipinski definition) is 2. The van der Waals surface area contributed by atoms with Crippen molar-refractivity contribution in [1.82, 2.24) is 0 Å². The summed E-state index contributed by atoms with van der Waals surface area (Å²) in [5.74, 6) is 0. The third kappa shape index (κ3) is 1.95. The van der Waals surface area contributed by atoms with E-state index < -0.39 is 9.05 Å². The van der Waals surface area contributed by atoms with Gasteiger partial charge in [0.05, 0.1) is 5.02 Å². The van der Waals surface area contributed by atoms with Gasteiger partial charge in [0.15, 0.2) is 0 Å². The van der Waals surface area contributed by atoms with E-state index in [1.165, 1.54) is 6.07 Å². The Kier molecular flexibility index (Phi) is 2.63. The van der Waals surface area contributed by atoms with Crippen molar-refractivity contribution in [3.8, 4) is 0 Å². The Balaban J connectivity index is 2.99. The van der Waals surface area contributed by atoms with Gasteiger partial charge in [0.25, 0.3) is 9.05 Å². The van der Waals surface area contributed by atoms with Crippen LogP contribution in [0, 0.1) is 0 Å². The van der Waals surface area contributed by atoms with E-state index in [1.807, 2.05) is 6.07 Å². The van der Waals surface area contributed by atoms with E-state index in [2.05, 4.69) is 0 Å². The Hall–Kier alpha value is -0.770. The Labute approximate surface area is 96.8 Å². The van der Waals surface area contributed by atoms with Gasteiger partial charge in [-0.3, -0.25) is 0 Å². The van der Waals surface area contributed by atoms with Gasteiger partial charge in [0.1, 0.15) is 4.90 Å². The average molecular weight is 261 g/mol. The summed E-state index contributed by atoms with van der Waals surface area (Å²) in [6.45, 7) is 0. The molecule has 0 radical (unpaired) electrons. The molecular formula is C10H6Cl2O2S. The topological polar surface area (TPSA) is 34.1 Å². The molecule has 0 aliphatic carbocycles. The molecule has 0 saturated heterocycles. The molecule has 0 fully saturated rings. The fourth-order valence-electron chi connectivity index (χ4n) is 1.46. The molecule has 2 nitrogen and oxygen atoms in total. The Morgan fingerprint density at radius 2 is 1.67 bits per heavy atom. The van der Waals surface area contributed by atoms with E-state index in [-0.39, 0.29) is 9.92 Å². The van der Waals surface area contributed by atoms with Crippen molar-refractivity contribution in [2.24, 2.45) is 0 Å². The quantitative estimate of drug-likeness (QED) is 0.737. The minimum absolute atomic E-state index is 0.0241. The largest absolute Gasteiger partial charge is 0.263 e. The first-order valence-corrected chi connectivity index (χ1v) is 6.81. The van der Waals surface area contributed by atoms with Gasteiger partial charge in [-0.25, -0.2) is 8.42 Å². The van der Waals surface area contributed by atoms with Crippen LogP contribution >= 0.6 is 22.3 Å². The van der Waals surface area contributed by atoms with Crippen molar-refractivity contribution in [1.29, 1.82) is 0 Å². The van der Waals surface area contributed by atoms with Gasteiger partial charge in [0.2, 0.25) is 0 Å². The maximum Gasteiger partial charge on any atom is 0.263 e. The van der Waals surface area contributed by atoms with E-state index in [9.17, 15) is 8.42 Å². The first-order valence-electron chi connectivity index (χ1n) is 4.12. The molecule has 2 aromatic carbocycles. The molecule has 0 saturated carbocycles. The van der Waals surface area contributed by atoms with E-state index >= 15 is 0 Å². The molecule has 0 heterocycles. The molecule has 2 rings (SSSR count). The Morgan fingerprint density at radius 3 is 2.33 bits per heavy atom. The van der Waals surface area contributed by atoms with Crippen LogP contribution in [0.15, 0.2) is 41.3 Å². The van der Waals surface area contributed by atoms with Crippen LogP contribution in [-0.2, 0) is 9.05 Å². The second-order valence-corrected chi connectivity index (χ2v) is 5.95. The molecule has 0 aromatic heterocycles. The van der Waals surface area contributed by atoms with Crippen molar-refractivity contribution in [3.05, 3.63) is 41.4 Å². The van der Waals surface area contributed by atoms with Gasteiger partial charge in [-0.1, -0.05) is 41.9 Å². The molecule has 2 aromatic rings. The highest BCUT2D eigenvalue weighted by molar-refractivity contribution is 8.14. The van der Waals surface area contributed by atoms with Crippen molar-refractivity contribution in [2.75, 3.05) is 0 Å². The molecule has 15 heavy (non-hydrogen) atoms. The van der Waals surface area contributed by atoms with Gasteiger partial charge in [0, 0.05) is 16.1 Å². The van der Waals surface area contributed by atoms with Crippen LogP contribution in [0.4, 0.5) is 0 Å². The summed E-state index contributed by atoms with van der Waals surface area (Å²) in [4.78, 5) is -0.0241. The van der Waals surface area contributed by atoms with Crippen LogP contribution in [-0.4, -0.2) is 8.42 Å². The SMILES string of the molecule is O=S(=O)(Cl)c1c(Cl)ccc2ccccc12. The monoisotopic (exact) mass is 260 g/mol. The fraction of sp³-hybridized carbons (Fsp3) is 0. The molecule has 0 amide bonds. The van der Waals surface area contributed by atoms with E-state index in [1.54, 1.807) is 24.3 Å².